The molecule has 4 aliphatic carbocycles. The molecule has 0 radical (unpaired) electrons. The molecule has 2 aromatic carbocycles. The van der Waals surface area contributed by atoms with Gasteiger partial charge in [-0.25, -0.2) is 0 Å². The number of carbonyl (C=O) groups excluding carboxylic acids is 2. The number of carbonyl (C=O) groups is 2. The van der Waals surface area contributed by atoms with E-state index in [9.17, 15) is 9.59 Å². The van der Waals surface area contributed by atoms with Crippen molar-refractivity contribution in [3.05, 3.63) is 93.1 Å². The molecular weight excluding hydrogens is 296 g/mol. The van der Waals surface area contributed by atoms with Gasteiger partial charge in [-0.3, -0.25) is 9.59 Å². The molecule has 2 atom stereocenters. The third-order valence-corrected chi connectivity index (χ3v) is 5.70. The minimum atomic E-state index is -0.113. The van der Waals surface area contributed by atoms with Crippen LogP contribution in [0.15, 0.2) is 59.7 Å². The second-order valence-electron chi connectivity index (χ2n) is 6.91. The maximum atomic E-state index is 12.7. The summed E-state index contributed by atoms with van der Waals surface area (Å²) in [6.07, 6.45) is 2.88. The highest BCUT2D eigenvalue weighted by molar-refractivity contribution is 6.23. The van der Waals surface area contributed by atoms with E-state index in [0.717, 1.165) is 0 Å². The summed E-state index contributed by atoms with van der Waals surface area (Å²) < 4.78 is 0. The van der Waals surface area contributed by atoms with Crippen LogP contribution in [0.5, 0.6) is 0 Å². The third kappa shape index (κ3) is 1.46. The first-order valence-electron chi connectivity index (χ1n) is 8.29. The van der Waals surface area contributed by atoms with Gasteiger partial charge in [0.1, 0.15) is 0 Å². The molecule has 6 rings (SSSR count). The van der Waals surface area contributed by atoms with Gasteiger partial charge < -0.3 is 0 Å². The Balaban J connectivity index is 1.95. The van der Waals surface area contributed by atoms with Crippen molar-refractivity contribution in [2.45, 2.75) is 25.7 Å². The van der Waals surface area contributed by atoms with E-state index in [1.54, 1.807) is 0 Å². The standard InChI is InChI=1S/C22H16O2/c1-11-7-8-12(2)18-17(11)19-13-5-3-4-6-14(13)20(18)22-16(24)10-9-15(23)21(19)22/h3-10,19-20H,1-2H3. The van der Waals surface area contributed by atoms with Crippen molar-refractivity contribution in [2.75, 3.05) is 0 Å². The van der Waals surface area contributed by atoms with Crippen molar-refractivity contribution >= 4 is 11.6 Å². The number of allylic oxidation sites excluding steroid dienone is 4. The van der Waals surface area contributed by atoms with Crippen molar-refractivity contribution in [2.24, 2.45) is 0 Å². The number of rotatable bonds is 0. The molecule has 24 heavy (non-hydrogen) atoms. The first-order chi connectivity index (χ1) is 11.6. The molecule has 0 saturated heterocycles. The average molecular weight is 312 g/mol. The zero-order chi connectivity index (χ0) is 16.6. The maximum absolute atomic E-state index is 12.7. The van der Waals surface area contributed by atoms with Gasteiger partial charge in [-0.15, -0.1) is 0 Å². The van der Waals surface area contributed by atoms with Crippen molar-refractivity contribution in [1.29, 1.82) is 0 Å². The van der Waals surface area contributed by atoms with Crippen LogP contribution >= 0.6 is 0 Å². The normalized spacial score (nSPS) is 23.2. The quantitative estimate of drug-likeness (QED) is 0.691. The Morgan fingerprint density at radius 3 is 1.50 bits per heavy atom. The average Bonchev–Trinajstić information content (AvgIpc) is 2.60. The molecule has 0 heterocycles. The Morgan fingerprint density at radius 2 is 1.08 bits per heavy atom. The second-order valence-corrected chi connectivity index (χ2v) is 6.91. The van der Waals surface area contributed by atoms with E-state index in [1.807, 2.05) is 12.1 Å². The van der Waals surface area contributed by atoms with E-state index >= 15 is 0 Å². The molecule has 4 aliphatic rings. The van der Waals surface area contributed by atoms with Gasteiger partial charge >= 0.3 is 0 Å². The van der Waals surface area contributed by atoms with E-state index in [-0.39, 0.29) is 23.4 Å². The predicted molar refractivity (Wildman–Crippen MR) is 92.2 cm³/mol. The van der Waals surface area contributed by atoms with E-state index < -0.39 is 0 Å². The van der Waals surface area contributed by atoms with Gasteiger partial charge in [0.2, 0.25) is 0 Å². The molecule has 0 N–H and O–H groups in total. The number of ketones is 2. The summed E-state index contributed by atoms with van der Waals surface area (Å²) >= 11 is 0. The van der Waals surface area contributed by atoms with Gasteiger partial charge in [0.15, 0.2) is 11.6 Å². The highest BCUT2D eigenvalue weighted by Gasteiger charge is 2.48. The maximum Gasteiger partial charge on any atom is 0.183 e. The van der Waals surface area contributed by atoms with Crippen LogP contribution in [0, 0.1) is 13.8 Å². The lowest BCUT2D eigenvalue weighted by Crippen LogP contribution is -2.36. The molecule has 0 saturated carbocycles. The molecule has 0 spiro atoms. The lowest BCUT2D eigenvalue weighted by atomic mass is 9.57. The van der Waals surface area contributed by atoms with Crippen molar-refractivity contribution < 1.29 is 9.59 Å². The fourth-order valence-electron chi connectivity index (χ4n) is 4.76. The molecule has 2 nitrogen and oxygen atoms in total. The summed E-state index contributed by atoms with van der Waals surface area (Å²) in [7, 11) is 0. The number of hydrogen-bond acceptors (Lipinski definition) is 2. The zero-order valence-electron chi connectivity index (χ0n) is 13.6. The molecule has 0 amide bonds. The fraction of sp³-hybridized carbons (Fsp3) is 0.182. The van der Waals surface area contributed by atoms with Crippen LogP contribution < -0.4 is 0 Å². The smallest absolute Gasteiger partial charge is 0.183 e. The topological polar surface area (TPSA) is 34.1 Å². The summed E-state index contributed by atoms with van der Waals surface area (Å²) in [5.41, 5.74) is 8.61. The number of benzene rings is 2. The Kier molecular flexibility index (Phi) is 2.52. The molecule has 2 heteroatoms. The SMILES string of the molecule is Cc1ccc(C)c2c1C1C3=C(C(=O)C=CC3=O)C2c2ccccc21. The predicted octanol–water partition coefficient (Wildman–Crippen LogP) is 3.90. The highest BCUT2D eigenvalue weighted by atomic mass is 16.1. The van der Waals surface area contributed by atoms with E-state index in [2.05, 4.69) is 38.1 Å². The van der Waals surface area contributed by atoms with Crippen LogP contribution in [0.3, 0.4) is 0 Å². The molecule has 2 aromatic rings. The number of hydrogen-bond donors (Lipinski definition) is 0. The van der Waals surface area contributed by atoms with Crippen molar-refractivity contribution in [1.82, 2.24) is 0 Å². The van der Waals surface area contributed by atoms with Gasteiger partial charge in [0.05, 0.1) is 0 Å². The highest BCUT2D eigenvalue weighted by Crippen LogP contribution is 2.58. The minimum absolute atomic E-state index is 0.0133. The monoisotopic (exact) mass is 312 g/mol. The van der Waals surface area contributed by atoms with Gasteiger partial charge in [0.25, 0.3) is 0 Å². The van der Waals surface area contributed by atoms with E-state index in [1.165, 1.54) is 45.5 Å². The minimum Gasteiger partial charge on any atom is -0.290 e. The van der Waals surface area contributed by atoms with Gasteiger partial charge in [-0.05, 0) is 59.4 Å². The van der Waals surface area contributed by atoms with Gasteiger partial charge in [0, 0.05) is 23.0 Å². The Morgan fingerprint density at radius 1 is 0.667 bits per heavy atom. The Labute approximate surface area is 140 Å². The lowest BCUT2D eigenvalue weighted by molar-refractivity contribution is -0.115. The number of aryl methyl sites for hydroxylation is 2. The molecule has 116 valence electrons. The molecule has 0 aliphatic heterocycles. The zero-order valence-corrected chi connectivity index (χ0v) is 13.6. The van der Waals surface area contributed by atoms with E-state index in [4.69, 9.17) is 0 Å². The lowest BCUT2D eigenvalue weighted by Gasteiger charge is -2.44. The first kappa shape index (κ1) is 13.7. The molecule has 0 aromatic heterocycles. The van der Waals surface area contributed by atoms with Crippen LogP contribution in [0.4, 0.5) is 0 Å². The summed E-state index contributed by atoms with van der Waals surface area (Å²) in [5.74, 6) is -0.253. The molecule has 2 bridgehead atoms. The van der Waals surface area contributed by atoms with Gasteiger partial charge in [-0.1, -0.05) is 36.4 Å². The Hall–Kier alpha value is -2.74. The first-order valence-corrected chi connectivity index (χ1v) is 8.29. The molecule has 2 unspecified atom stereocenters. The van der Waals surface area contributed by atoms with Crippen molar-refractivity contribution in [3.63, 3.8) is 0 Å². The van der Waals surface area contributed by atoms with E-state index in [0.29, 0.717) is 11.1 Å². The largest absolute Gasteiger partial charge is 0.290 e. The van der Waals surface area contributed by atoms with Gasteiger partial charge in [-0.2, -0.15) is 0 Å². The second kappa shape index (κ2) is 4.41. The van der Waals surface area contributed by atoms with Crippen LogP contribution in [0.1, 0.15) is 45.2 Å². The van der Waals surface area contributed by atoms with Crippen LogP contribution in [0.25, 0.3) is 0 Å². The summed E-state index contributed by atoms with van der Waals surface area (Å²) in [5, 5.41) is 0. The summed E-state index contributed by atoms with van der Waals surface area (Å²) in [6.45, 7) is 4.21. The molecule has 0 fully saturated rings. The van der Waals surface area contributed by atoms with Crippen molar-refractivity contribution in [3.8, 4) is 0 Å². The third-order valence-electron chi connectivity index (χ3n) is 5.70. The Bertz CT molecular complexity index is 940. The summed E-state index contributed by atoms with van der Waals surface area (Å²) in [4.78, 5) is 25.4. The van der Waals surface area contributed by atoms with Crippen LogP contribution in [-0.4, -0.2) is 11.6 Å². The molecular formula is C22H16O2. The van der Waals surface area contributed by atoms with Crippen LogP contribution in [0.2, 0.25) is 0 Å². The summed E-state index contributed by atoms with van der Waals surface area (Å²) in [6, 6.07) is 12.5. The fourth-order valence-corrected chi connectivity index (χ4v) is 4.76. The van der Waals surface area contributed by atoms with Crippen LogP contribution in [-0.2, 0) is 9.59 Å².